The lowest BCUT2D eigenvalue weighted by Gasteiger charge is -2.13. The Morgan fingerprint density at radius 2 is 1.96 bits per heavy atom. The number of nitriles is 1. The van der Waals surface area contributed by atoms with E-state index in [-0.39, 0.29) is 12.2 Å². The van der Waals surface area contributed by atoms with Crippen LogP contribution in [0.5, 0.6) is 0 Å². The van der Waals surface area contributed by atoms with E-state index in [9.17, 15) is 10.1 Å². The fraction of sp³-hybridized carbons (Fsp3) is 0.217. The van der Waals surface area contributed by atoms with Gasteiger partial charge in [0.25, 0.3) is 5.91 Å². The van der Waals surface area contributed by atoms with Gasteiger partial charge < -0.3 is 15.0 Å². The number of aromatic nitrogens is 1. The van der Waals surface area contributed by atoms with E-state index >= 15 is 0 Å². The highest BCUT2D eigenvalue weighted by atomic mass is 16.3. The van der Waals surface area contributed by atoms with Crippen LogP contribution >= 0.6 is 0 Å². The van der Waals surface area contributed by atoms with E-state index in [1.165, 1.54) is 0 Å². The van der Waals surface area contributed by atoms with E-state index in [0.717, 1.165) is 33.4 Å². The SMILES string of the molecule is Cc1cc(/C=C(/C#N)C(=O)NCCCO)c(C)n1-c1cccc2ccccc12. The van der Waals surface area contributed by atoms with Gasteiger partial charge in [-0.3, -0.25) is 4.79 Å². The molecule has 0 unspecified atom stereocenters. The average molecular weight is 373 g/mol. The Hall–Kier alpha value is -3.36. The number of carbonyl (C=O) groups excluding carboxylic acids is 1. The first-order chi connectivity index (χ1) is 13.6. The van der Waals surface area contributed by atoms with Gasteiger partial charge in [-0.25, -0.2) is 0 Å². The van der Waals surface area contributed by atoms with Gasteiger partial charge in [0.15, 0.2) is 0 Å². The van der Waals surface area contributed by atoms with E-state index in [1.54, 1.807) is 6.08 Å². The van der Waals surface area contributed by atoms with Gasteiger partial charge in [-0.1, -0.05) is 36.4 Å². The van der Waals surface area contributed by atoms with Crippen molar-refractivity contribution in [1.29, 1.82) is 5.26 Å². The number of rotatable bonds is 6. The Morgan fingerprint density at radius 1 is 1.21 bits per heavy atom. The third kappa shape index (κ3) is 3.83. The van der Waals surface area contributed by atoms with Crippen molar-refractivity contribution >= 4 is 22.8 Å². The fourth-order valence-corrected chi connectivity index (χ4v) is 3.39. The molecule has 1 heterocycles. The Morgan fingerprint density at radius 3 is 2.71 bits per heavy atom. The molecule has 0 aliphatic carbocycles. The first-order valence-electron chi connectivity index (χ1n) is 9.24. The number of aryl methyl sites for hydroxylation is 1. The zero-order chi connectivity index (χ0) is 20.1. The topological polar surface area (TPSA) is 78.1 Å². The molecule has 28 heavy (non-hydrogen) atoms. The number of fused-ring (bicyclic) bond motifs is 1. The zero-order valence-electron chi connectivity index (χ0n) is 16.1. The van der Waals surface area contributed by atoms with Crippen molar-refractivity contribution < 1.29 is 9.90 Å². The third-order valence-electron chi connectivity index (χ3n) is 4.76. The normalized spacial score (nSPS) is 11.4. The molecule has 0 atom stereocenters. The Balaban J connectivity index is 2.02. The monoisotopic (exact) mass is 373 g/mol. The molecule has 3 aromatic rings. The van der Waals surface area contributed by atoms with Crippen molar-refractivity contribution in [3.8, 4) is 11.8 Å². The number of hydrogen-bond acceptors (Lipinski definition) is 3. The smallest absolute Gasteiger partial charge is 0.261 e. The van der Waals surface area contributed by atoms with E-state index in [4.69, 9.17) is 5.11 Å². The predicted molar refractivity (Wildman–Crippen MR) is 111 cm³/mol. The van der Waals surface area contributed by atoms with Crippen molar-refractivity contribution in [3.05, 3.63) is 71.1 Å². The lowest BCUT2D eigenvalue weighted by atomic mass is 10.1. The van der Waals surface area contributed by atoms with Gasteiger partial charge >= 0.3 is 0 Å². The predicted octanol–water partition coefficient (Wildman–Crippen LogP) is 3.65. The number of benzene rings is 2. The number of aliphatic hydroxyl groups is 1. The van der Waals surface area contributed by atoms with E-state index in [2.05, 4.69) is 34.1 Å². The molecule has 0 aliphatic heterocycles. The standard InChI is InChI=1S/C23H23N3O2/c1-16-13-19(14-20(15-24)23(28)25-11-6-12-27)17(2)26(16)22-10-5-8-18-7-3-4-9-21(18)22/h3-5,7-10,13-14,27H,6,11-12H2,1-2H3,(H,25,28)/b20-14-. The van der Waals surface area contributed by atoms with Crippen LogP contribution in [-0.4, -0.2) is 28.7 Å². The molecular weight excluding hydrogens is 350 g/mol. The highest BCUT2D eigenvalue weighted by Gasteiger charge is 2.14. The number of nitrogens with one attached hydrogen (secondary N) is 1. The molecule has 2 N–H and O–H groups in total. The van der Waals surface area contributed by atoms with Crippen LogP contribution in [0.4, 0.5) is 0 Å². The minimum absolute atomic E-state index is 0.00192. The summed E-state index contributed by atoms with van der Waals surface area (Å²) >= 11 is 0. The Bertz CT molecular complexity index is 1080. The van der Waals surface area contributed by atoms with Crippen molar-refractivity contribution in [3.63, 3.8) is 0 Å². The summed E-state index contributed by atoms with van der Waals surface area (Å²) in [7, 11) is 0. The lowest BCUT2D eigenvalue weighted by molar-refractivity contribution is -0.117. The average Bonchev–Trinajstić information content (AvgIpc) is 2.98. The van der Waals surface area contributed by atoms with Crippen LogP contribution in [-0.2, 0) is 4.79 Å². The number of aliphatic hydroxyl groups excluding tert-OH is 1. The van der Waals surface area contributed by atoms with Crippen molar-refractivity contribution in [2.45, 2.75) is 20.3 Å². The summed E-state index contributed by atoms with van der Waals surface area (Å²) < 4.78 is 2.15. The van der Waals surface area contributed by atoms with Crippen molar-refractivity contribution in [2.24, 2.45) is 0 Å². The van der Waals surface area contributed by atoms with Gasteiger partial charge in [0.2, 0.25) is 0 Å². The summed E-state index contributed by atoms with van der Waals surface area (Å²) in [5.41, 5.74) is 3.94. The van der Waals surface area contributed by atoms with Crippen molar-refractivity contribution in [1.82, 2.24) is 9.88 Å². The number of amides is 1. The molecule has 5 nitrogen and oxygen atoms in total. The van der Waals surface area contributed by atoms with Crippen LogP contribution < -0.4 is 5.32 Å². The molecule has 0 saturated carbocycles. The second-order valence-corrected chi connectivity index (χ2v) is 6.66. The second kappa shape index (κ2) is 8.55. The Labute approximate surface area is 164 Å². The van der Waals surface area contributed by atoms with Crippen LogP contribution in [0.15, 0.2) is 54.1 Å². The fourth-order valence-electron chi connectivity index (χ4n) is 3.39. The summed E-state index contributed by atoms with van der Waals surface area (Å²) in [5, 5.41) is 23.2. The molecule has 0 fully saturated rings. The lowest BCUT2D eigenvalue weighted by Crippen LogP contribution is -2.26. The molecule has 3 rings (SSSR count). The van der Waals surface area contributed by atoms with Gasteiger partial charge in [-0.2, -0.15) is 5.26 Å². The van der Waals surface area contributed by atoms with E-state index < -0.39 is 5.91 Å². The summed E-state index contributed by atoms with van der Waals surface area (Å²) in [6.07, 6.45) is 2.08. The quantitative estimate of drug-likeness (QED) is 0.393. The first-order valence-corrected chi connectivity index (χ1v) is 9.24. The molecule has 5 heteroatoms. The minimum Gasteiger partial charge on any atom is -0.396 e. The molecular formula is C23H23N3O2. The molecule has 2 aromatic carbocycles. The summed E-state index contributed by atoms with van der Waals surface area (Å²) in [6, 6.07) is 18.4. The molecule has 142 valence electrons. The largest absolute Gasteiger partial charge is 0.396 e. The molecule has 1 aromatic heterocycles. The van der Waals surface area contributed by atoms with Gasteiger partial charge in [0, 0.05) is 29.9 Å². The van der Waals surface area contributed by atoms with Crippen LogP contribution in [0.3, 0.4) is 0 Å². The molecule has 0 radical (unpaired) electrons. The number of carbonyl (C=O) groups is 1. The third-order valence-corrected chi connectivity index (χ3v) is 4.76. The summed E-state index contributed by atoms with van der Waals surface area (Å²) in [4.78, 5) is 12.2. The molecule has 0 spiro atoms. The van der Waals surface area contributed by atoms with Gasteiger partial charge in [-0.15, -0.1) is 0 Å². The number of nitrogens with zero attached hydrogens (tertiary/aromatic N) is 2. The first kappa shape index (κ1) is 19.4. The van der Waals surface area contributed by atoms with Crippen LogP contribution in [0.1, 0.15) is 23.4 Å². The summed E-state index contributed by atoms with van der Waals surface area (Å²) in [6.45, 7) is 4.33. The maximum Gasteiger partial charge on any atom is 0.261 e. The summed E-state index contributed by atoms with van der Waals surface area (Å²) in [5.74, 6) is -0.425. The Kier molecular flexibility index (Phi) is 5.93. The van der Waals surface area contributed by atoms with Crippen LogP contribution in [0, 0.1) is 25.2 Å². The zero-order valence-corrected chi connectivity index (χ0v) is 16.1. The van der Waals surface area contributed by atoms with Crippen LogP contribution in [0.25, 0.3) is 22.5 Å². The molecule has 0 aliphatic rings. The van der Waals surface area contributed by atoms with Gasteiger partial charge in [0.1, 0.15) is 11.6 Å². The van der Waals surface area contributed by atoms with Gasteiger partial charge in [-0.05, 0) is 49.4 Å². The minimum atomic E-state index is -0.425. The van der Waals surface area contributed by atoms with E-state index in [0.29, 0.717) is 13.0 Å². The van der Waals surface area contributed by atoms with Crippen molar-refractivity contribution in [2.75, 3.05) is 13.2 Å². The highest BCUT2D eigenvalue weighted by Crippen LogP contribution is 2.28. The molecule has 0 bridgehead atoms. The molecule has 0 saturated heterocycles. The van der Waals surface area contributed by atoms with Gasteiger partial charge in [0.05, 0.1) is 5.69 Å². The highest BCUT2D eigenvalue weighted by molar-refractivity contribution is 6.02. The number of hydrogen-bond donors (Lipinski definition) is 2. The second-order valence-electron chi connectivity index (χ2n) is 6.66. The maximum absolute atomic E-state index is 12.2. The van der Waals surface area contributed by atoms with E-state index in [1.807, 2.05) is 44.2 Å². The molecule has 1 amide bonds. The maximum atomic E-state index is 12.2. The van der Waals surface area contributed by atoms with Crippen LogP contribution in [0.2, 0.25) is 0 Å².